The fraction of sp³-hybridized carbons (Fsp3) is 0.547. The van der Waals surface area contributed by atoms with Gasteiger partial charge in [-0.2, -0.15) is 0 Å². The average Bonchev–Trinajstić information content (AvgIpc) is 3.28. The van der Waals surface area contributed by atoms with Crippen LogP contribution < -0.4 is 0 Å². The lowest BCUT2D eigenvalue weighted by atomic mass is 9.99. The summed E-state index contributed by atoms with van der Waals surface area (Å²) in [4.78, 5) is 25.3. The molecule has 10 nitrogen and oxygen atoms in total. The molecule has 0 aromatic heterocycles. The monoisotopic (exact) mass is 877 g/mol. The Morgan fingerprint density at radius 2 is 0.921 bits per heavy atom. The van der Waals surface area contributed by atoms with E-state index in [1.807, 2.05) is 24.3 Å². The van der Waals surface area contributed by atoms with Gasteiger partial charge in [0.25, 0.3) is 0 Å². The summed E-state index contributed by atoms with van der Waals surface area (Å²) in [6.07, 6.45) is 53.3. The van der Waals surface area contributed by atoms with Crippen LogP contribution in [0.25, 0.3) is 0 Å². The molecule has 0 radical (unpaired) electrons. The number of unbranched alkanes of at least 4 members (excludes halogenated alkanes) is 3. The highest BCUT2D eigenvalue weighted by Gasteiger charge is 2.44. The van der Waals surface area contributed by atoms with Crippen LogP contribution in [0.15, 0.2) is 134 Å². The average molecular weight is 877 g/mol. The molecule has 0 amide bonds. The maximum absolute atomic E-state index is 12.8. The van der Waals surface area contributed by atoms with Crippen molar-refractivity contribution < 1.29 is 49.0 Å². The van der Waals surface area contributed by atoms with Gasteiger partial charge >= 0.3 is 11.9 Å². The van der Waals surface area contributed by atoms with Gasteiger partial charge in [0.05, 0.1) is 13.2 Å². The summed E-state index contributed by atoms with van der Waals surface area (Å²) < 4.78 is 22.0. The van der Waals surface area contributed by atoms with Crippen molar-refractivity contribution in [2.45, 2.75) is 166 Å². The molecule has 1 fully saturated rings. The van der Waals surface area contributed by atoms with E-state index in [0.717, 1.165) is 64.2 Å². The van der Waals surface area contributed by atoms with Crippen molar-refractivity contribution >= 4 is 11.9 Å². The van der Waals surface area contributed by atoms with Gasteiger partial charge in [-0.05, 0) is 89.9 Å². The molecule has 10 heteroatoms. The Balaban J connectivity index is 2.45. The SMILES string of the molecule is CC/C=C/C/C=C/C/C=C/C/C=C/C/C=C/C/C=C/CCC(=O)O[C@@H](COC(=O)CC/C=C/C/C=C/C/C=C/C/C=C/C/C=C/CCCCC)CO[C@H]1O[C@@H](CO)[C@@H](O)C(O)C1O. The van der Waals surface area contributed by atoms with Gasteiger partial charge in [-0.15, -0.1) is 0 Å². The van der Waals surface area contributed by atoms with Gasteiger partial charge in [0.1, 0.15) is 31.0 Å². The van der Waals surface area contributed by atoms with Crippen molar-refractivity contribution in [1.82, 2.24) is 0 Å². The molecule has 1 heterocycles. The summed E-state index contributed by atoms with van der Waals surface area (Å²) in [7, 11) is 0. The molecule has 2 unspecified atom stereocenters. The maximum atomic E-state index is 12.8. The molecule has 352 valence electrons. The van der Waals surface area contributed by atoms with Crippen molar-refractivity contribution in [1.29, 1.82) is 0 Å². The maximum Gasteiger partial charge on any atom is 0.306 e. The number of hydrogen-bond donors (Lipinski definition) is 4. The van der Waals surface area contributed by atoms with Gasteiger partial charge in [-0.3, -0.25) is 9.59 Å². The molecule has 1 saturated heterocycles. The highest BCUT2D eigenvalue weighted by molar-refractivity contribution is 5.70. The third kappa shape index (κ3) is 33.1. The van der Waals surface area contributed by atoms with E-state index >= 15 is 0 Å². The zero-order valence-corrected chi connectivity index (χ0v) is 38.3. The van der Waals surface area contributed by atoms with E-state index in [9.17, 15) is 30.0 Å². The molecular formula is C53H80O10. The van der Waals surface area contributed by atoms with E-state index in [-0.39, 0.29) is 26.1 Å². The van der Waals surface area contributed by atoms with Crippen LogP contribution in [-0.4, -0.2) is 89.0 Å². The van der Waals surface area contributed by atoms with E-state index in [0.29, 0.717) is 12.8 Å². The van der Waals surface area contributed by atoms with Crippen molar-refractivity contribution in [2.24, 2.45) is 0 Å². The van der Waals surface area contributed by atoms with E-state index in [1.165, 1.54) is 25.7 Å². The van der Waals surface area contributed by atoms with Crippen molar-refractivity contribution in [2.75, 3.05) is 19.8 Å². The van der Waals surface area contributed by atoms with Gasteiger partial charge < -0.3 is 39.4 Å². The second-order valence-corrected chi connectivity index (χ2v) is 15.1. The van der Waals surface area contributed by atoms with Crippen molar-refractivity contribution in [3.8, 4) is 0 Å². The summed E-state index contributed by atoms with van der Waals surface area (Å²) in [5.74, 6) is -1.02. The minimum absolute atomic E-state index is 0.0803. The predicted octanol–water partition coefficient (Wildman–Crippen LogP) is 10.4. The lowest BCUT2D eigenvalue weighted by molar-refractivity contribution is -0.305. The second-order valence-electron chi connectivity index (χ2n) is 15.1. The standard InChI is InChI=1S/C53H80O10/c1-3-5-7-9-11-13-15-17-19-21-23-25-27-29-31-33-35-37-39-41-48(55)60-44-46(45-61-53-52(59)51(58)50(57)47(43-54)63-53)62-49(56)42-40-38-36-34-32-30-28-26-24-22-20-18-16-14-12-10-8-6-4-2/h6,8,11-14,17-20,23-26,29-32,35-38,46-47,50-54,57-59H,3-5,7,9-10,15-16,21-22,27-28,33-34,39-45H2,1-2H3/b8-6+,13-11+,14-12+,19-17+,20-18+,25-23+,26-24+,31-29+,32-30+,37-35+,38-36+/t46-,47-,50+,51?,52?,53-/m0/s1. The van der Waals surface area contributed by atoms with Crippen LogP contribution in [-0.2, 0) is 28.5 Å². The Morgan fingerprint density at radius 1 is 0.508 bits per heavy atom. The van der Waals surface area contributed by atoms with Gasteiger partial charge in [-0.25, -0.2) is 0 Å². The highest BCUT2D eigenvalue weighted by Crippen LogP contribution is 2.22. The van der Waals surface area contributed by atoms with Crippen LogP contribution in [0, 0.1) is 0 Å². The quantitative estimate of drug-likeness (QED) is 0.0272. The minimum atomic E-state index is -1.63. The van der Waals surface area contributed by atoms with Crippen LogP contribution in [0.2, 0.25) is 0 Å². The number of allylic oxidation sites excluding steroid dienone is 22. The summed E-state index contributed by atoms with van der Waals surface area (Å²) in [5, 5.41) is 40.1. The molecule has 63 heavy (non-hydrogen) atoms. The summed E-state index contributed by atoms with van der Waals surface area (Å²) in [6, 6.07) is 0. The van der Waals surface area contributed by atoms with Crippen molar-refractivity contribution in [3.63, 3.8) is 0 Å². The number of esters is 2. The molecule has 4 N–H and O–H groups in total. The summed E-state index contributed by atoms with van der Waals surface area (Å²) >= 11 is 0. The molecule has 0 saturated carbocycles. The molecule has 0 bridgehead atoms. The number of carbonyl (C=O) groups is 2. The first-order valence-corrected chi connectivity index (χ1v) is 23.3. The number of carbonyl (C=O) groups excluding carboxylic acids is 2. The van der Waals surface area contributed by atoms with E-state index < -0.39 is 55.4 Å². The molecule has 6 atom stereocenters. The Morgan fingerprint density at radius 3 is 1.35 bits per heavy atom. The smallest absolute Gasteiger partial charge is 0.306 e. The van der Waals surface area contributed by atoms with Gasteiger partial charge in [0.15, 0.2) is 12.4 Å². The Labute approximate surface area is 379 Å². The predicted molar refractivity (Wildman–Crippen MR) is 256 cm³/mol. The van der Waals surface area contributed by atoms with Gasteiger partial charge in [0, 0.05) is 12.8 Å². The molecule has 0 aromatic rings. The number of ether oxygens (including phenoxy) is 4. The first-order valence-electron chi connectivity index (χ1n) is 23.3. The first-order chi connectivity index (χ1) is 30.8. The van der Waals surface area contributed by atoms with E-state index in [4.69, 9.17) is 18.9 Å². The zero-order valence-electron chi connectivity index (χ0n) is 38.3. The normalized spacial score (nSPS) is 20.8. The Bertz CT molecular complexity index is 1480. The number of rotatable bonds is 36. The Hall–Kier alpha value is -4.16. The first kappa shape index (κ1) is 56.9. The topological polar surface area (TPSA) is 152 Å². The van der Waals surface area contributed by atoms with Crippen LogP contribution in [0.1, 0.15) is 129 Å². The van der Waals surface area contributed by atoms with Crippen LogP contribution in [0.3, 0.4) is 0 Å². The molecule has 1 aliphatic heterocycles. The zero-order chi connectivity index (χ0) is 45.9. The molecule has 1 aliphatic rings. The Kier molecular flexibility index (Phi) is 37.7. The lowest BCUT2D eigenvalue weighted by Gasteiger charge is -2.39. The fourth-order valence-corrected chi connectivity index (χ4v) is 5.90. The molecule has 0 aromatic carbocycles. The fourth-order valence-electron chi connectivity index (χ4n) is 5.90. The lowest BCUT2D eigenvalue weighted by Crippen LogP contribution is -2.59. The number of hydrogen-bond acceptors (Lipinski definition) is 10. The van der Waals surface area contributed by atoms with Crippen LogP contribution in [0.5, 0.6) is 0 Å². The summed E-state index contributed by atoms with van der Waals surface area (Å²) in [6.45, 7) is 3.10. The second kappa shape index (κ2) is 41.8. The van der Waals surface area contributed by atoms with Crippen molar-refractivity contribution in [3.05, 3.63) is 134 Å². The molecule has 1 rings (SSSR count). The summed E-state index contributed by atoms with van der Waals surface area (Å²) in [5.41, 5.74) is 0. The number of aliphatic hydroxyl groups excluding tert-OH is 4. The minimum Gasteiger partial charge on any atom is -0.462 e. The largest absolute Gasteiger partial charge is 0.462 e. The van der Waals surface area contributed by atoms with Crippen LogP contribution >= 0.6 is 0 Å². The molecular weight excluding hydrogens is 797 g/mol. The third-order valence-electron chi connectivity index (χ3n) is 9.55. The van der Waals surface area contributed by atoms with E-state index in [2.05, 4.69) is 123 Å². The van der Waals surface area contributed by atoms with Gasteiger partial charge in [-0.1, -0.05) is 160 Å². The molecule has 0 spiro atoms. The van der Waals surface area contributed by atoms with Crippen LogP contribution in [0.4, 0.5) is 0 Å². The number of aliphatic hydroxyl groups is 4. The van der Waals surface area contributed by atoms with Gasteiger partial charge in [0.2, 0.25) is 0 Å². The molecule has 0 aliphatic carbocycles. The third-order valence-corrected chi connectivity index (χ3v) is 9.55. The highest BCUT2D eigenvalue weighted by atomic mass is 16.7. The van der Waals surface area contributed by atoms with E-state index in [1.54, 1.807) is 0 Å².